The van der Waals surface area contributed by atoms with Gasteiger partial charge in [-0.25, -0.2) is 0 Å². The summed E-state index contributed by atoms with van der Waals surface area (Å²) in [5, 5.41) is 0. The normalized spacial score (nSPS) is 12.3. The van der Waals surface area contributed by atoms with Crippen molar-refractivity contribution < 1.29 is 4.79 Å². The molecule has 0 aliphatic rings. The van der Waals surface area contributed by atoms with Crippen LogP contribution in [-0.4, -0.2) is 6.29 Å². The lowest BCUT2D eigenvalue weighted by molar-refractivity contribution is -0.104. The van der Waals surface area contributed by atoms with E-state index in [1.807, 2.05) is 18.2 Å². The Labute approximate surface area is 81.5 Å². The fourth-order valence-corrected chi connectivity index (χ4v) is 1.07. The van der Waals surface area contributed by atoms with Gasteiger partial charge in [-0.2, -0.15) is 0 Å². The molecule has 0 heterocycles. The Hall–Kier alpha value is -0.850. The SMILES string of the molecule is CCC=CC(C=O)=CCCCCC. The summed E-state index contributed by atoms with van der Waals surface area (Å²) in [5.41, 5.74) is 0.818. The highest BCUT2D eigenvalue weighted by atomic mass is 16.1. The Bertz CT molecular complexity index is 178. The molecule has 0 aromatic rings. The van der Waals surface area contributed by atoms with Crippen molar-refractivity contribution >= 4 is 6.29 Å². The van der Waals surface area contributed by atoms with Gasteiger partial charge >= 0.3 is 0 Å². The monoisotopic (exact) mass is 180 g/mol. The van der Waals surface area contributed by atoms with Crippen molar-refractivity contribution in [2.24, 2.45) is 0 Å². The summed E-state index contributed by atoms with van der Waals surface area (Å²) in [6.45, 7) is 4.25. The molecule has 0 saturated carbocycles. The first-order valence-corrected chi connectivity index (χ1v) is 5.17. The van der Waals surface area contributed by atoms with Crippen molar-refractivity contribution in [2.75, 3.05) is 0 Å². The molecule has 74 valence electrons. The van der Waals surface area contributed by atoms with Crippen LogP contribution in [0.3, 0.4) is 0 Å². The number of allylic oxidation sites excluding steroid dienone is 4. The van der Waals surface area contributed by atoms with Crippen LogP contribution in [-0.2, 0) is 4.79 Å². The van der Waals surface area contributed by atoms with Crippen LogP contribution in [0.5, 0.6) is 0 Å². The second-order valence-corrected chi connectivity index (χ2v) is 3.13. The van der Waals surface area contributed by atoms with Crippen LogP contribution in [0.25, 0.3) is 0 Å². The van der Waals surface area contributed by atoms with Crippen molar-refractivity contribution in [1.82, 2.24) is 0 Å². The molecule has 0 fully saturated rings. The summed E-state index contributed by atoms with van der Waals surface area (Å²) in [5.74, 6) is 0. The minimum Gasteiger partial charge on any atom is -0.298 e. The molecule has 0 amide bonds. The first kappa shape index (κ1) is 12.2. The number of aldehydes is 1. The topological polar surface area (TPSA) is 17.1 Å². The Balaban J connectivity index is 3.78. The van der Waals surface area contributed by atoms with E-state index in [-0.39, 0.29) is 0 Å². The number of hydrogen-bond donors (Lipinski definition) is 0. The zero-order chi connectivity index (χ0) is 9.94. The average Bonchev–Trinajstić information content (AvgIpc) is 2.17. The van der Waals surface area contributed by atoms with E-state index in [0.29, 0.717) is 0 Å². The van der Waals surface area contributed by atoms with Crippen molar-refractivity contribution in [3.63, 3.8) is 0 Å². The van der Waals surface area contributed by atoms with Gasteiger partial charge in [0.1, 0.15) is 6.29 Å². The maximum absolute atomic E-state index is 10.6. The van der Waals surface area contributed by atoms with Crippen LogP contribution in [0.4, 0.5) is 0 Å². The number of unbranched alkanes of at least 4 members (excludes halogenated alkanes) is 3. The summed E-state index contributed by atoms with van der Waals surface area (Å²) in [6, 6.07) is 0. The van der Waals surface area contributed by atoms with Crippen LogP contribution in [0.15, 0.2) is 23.8 Å². The van der Waals surface area contributed by atoms with Crippen LogP contribution in [0.1, 0.15) is 46.0 Å². The summed E-state index contributed by atoms with van der Waals surface area (Å²) in [4.78, 5) is 10.6. The Morgan fingerprint density at radius 3 is 2.54 bits per heavy atom. The van der Waals surface area contributed by atoms with E-state index in [0.717, 1.165) is 24.7 Å². The van der Waals surface area contributed by atoms with Crippen molar-refractivity contribution in [3.8, 4) is 0 Å². The highest BCUT2D eigenvalue weighted by Crippen LogP contribution is 2.03. The van der Waals surface area contributed by atoms with Gasteiger partial charge in [-0.15, -0.1) is 0 Å². The standard InChI is InChI=1S/C12H20O/c1-3-5-7-8-10-12(11-13)9-6-4-2/h6,9-11H,3-5,7-8H2,1-2H3. The molecule has 0 unspecified atom stereocenters. The second kappa shape index (κ2) is 9.24. The Morgan fingerprint density at radius 1 is 1.23 bits per heavy atom. The molecule has 0 bridgehead atoms. The molecule has 0 N–H and O–H groups in total. The van der Waals surface area contributed by atoms with Gasteiger partial charge in [0, 0.05) is 5.57 Å². The summed E-state index contributed by atoms with van der Waals surface area (Å²) in [6.07, 6.45) is 12.5. The van der Waals surface area contributed by atoms with Crippen LogP contribution in [0, 0.1) is 0 Å². The molecule has 0 rings (SSSR count). The van der Waals surface area contributed by atoms with Crippen molar-refractivity contribution in [1.29, 1.82) is 0 Å². The fourth-order valence-electron chi connectivity index (χ4n) is 1.07. The molecule has 0 radical (unpaired) electrons. The van der Waals surface area contributed by atoms with E-state index in [9.17, 15) is 4.79 Å². The third-order valence-electron chi connectivity index (χ3n) is 1.87. The molecule has 1 nitrogen and oxygen atoms in total. The van der Waals surface area contributed by atoms with Crippen LogP contribution >= 0.6 is 0 Å². The third-order valence-corrected chi connectivity index (χ3v) is 1.87. The van der Waals surface area contributed by atoms with Gasteiger partial charge in [-0.05, 0) is 19.3 Å². The van der Waals surface area contributed by atoms with E-state index < -0.39 is 0 Å². The van der Waals surface area contributed by atoms with Gasteiger partial charge in [-0.1, -0.05) is 44.9 Å². The highest BCUT2D eigenvalue weighted by molar-refractivity contribution is 5.77. The van der Waals surface area contributed by atoms with E-state index in [1.54, 1.807) is 0 Å². The molecule has 0 aliphatic heterocycles. The lowest BCUT2D eigenvalue weighted by Gasteiger charge is -1.93. The zero-order valence-corrected chi connectivity index (χ0v) is 8.75. The first-order valence-electron chi connectivity index (χ1n) is 5.17. The maximum Gasteiger partial charge on any atom is 0.149 e. The van der Waals surface area contributed by atoms with Gasteiger partial charge < -0.3 is 0 Å². The first-order chi connectivity index (χ1) is 6.35. The van der Waals surface area contributed by atoms with E-state index in [1.165, 1.54) is 19.3 Å². The molecule has 0 aromatic carbocycles. The van der Waals surface area contributed by atoms with Gasteiger partial charge in [0.15, 0.2) is 0 Å². The van der Waals surface area contributed by atoms with Gasteiger partial charge in [0.2, 0.25) is 0 Å². The number of rotatable bonds is 7. The molecular formula is C12H20O. The minimum absolute atomic E-state index is 0.818. The number of hydrogen-bond acceptors (Lipinski definition) is 1. The van der Waals surface area contributed by atoms with Crippen molar-refractivity contribution in [2.45, 2.75) is 46.0 Å². The molecule has 0 aromatic heterocycles. The number of carbonyl (C=O) groups is 1. The van der Waals surface area contributed by atoms with Crippen molar-refractivity contribution in [3.05, 3.63) is 23.8 Å². The van der Waals surface area contributed by atoms with E-state index in [2.05, 4.69) is 13.8 Å². The molecular weight excluding hydrogens is 160 g/mol. The maximum atomic E-state index is 10.6. The summed E-state index contributed by atoms with van der Waals surface area (Å²) in [7, 11) is 0. The lowest BCUT2D eigenvalue weighted by atomic mass is 10.1. The molecule has 0 spiro atoms. The molecule has 0 aliphatic carbocycles. The lowest BCUT2D eigenvalue weighted by Crippen LogP contribution is -1.80. The summed E-state index contributed by atoms with van der Waals surface area (Å²) >= 11 is 0. The molecule has 0 saturated heterocycles. The smallest absolute Gasteiger partial charge is 0.149 e. The largest absolute Gasteiger partial charge is 0.298 e. The van der Waals surface area contributed by atoms with Gasteiger partial charge in [0.05, 0.1) is 0 Å². The van der Waals surface area contributed by atoms with Crippen LogP contribution in [0.2, 0.25) is 0 Å². The number of carbonyl (C=O) groups excluding carboxylic acids is 1. The van der Waals surface area contributed by atoms with Crippen LogP contribution < -0.4 is 0 Å². The van der Waals surface area contributed by atoms with Gasteiger partial charge in [0.25, 0.3) is 0 Å². The Morgan fingerprint density at radius 2 is 2.00 bits per heavy atom. The predicted octanol–water partition coefficient (Wildman–Crippen LogP) is 3.66. The molecule has 1 heteroatoms. The quantitative estimate of drug-likeness (QED) is 0.253. The summed E-state index contributed by atoms with van der Waals surface area (Å²) < 4.78 is 0. The van der Waals surface area contributed by atoms with E-state index in [4.69, 9.17) is 0 Å². The molecule has 0 atom stereocenters. The highest BCUT2D eigenvalue weighted by Gasteiger charge is 1.88. The molecule has 13 heavy (non-hydrogen) atoms. The fraction of sp³-hybridized carbons (Fsp3) is 0.583. The average molecular weight is 180 g/mol. The van der Waals surface area contributed by atoms with Gasteiger partial charge in [-0.3, -0.25) is 4.79 Å². The second-order valence-electron chi connectivity index (χ2n) is 3.13. The zero-order valence-electron chi connectivity index (χ0n) is 8.75. The Kier molecular flexibility index (Phi) is 8.64. The van der Waals surface area contributed by atoms with E-state index >= 15 is 0 Å². The third kappa shape index (κ3) is 7.51. The predicted molar refractivity (Wildman–Crippen MR) is 57.7 cm³/mol. The minimum atomic E-state index is 0.818.